The Balaban J connectivity index is 3.23. The van der Waals surface area contributed by atoms with Gasteiger partial charge >= 0.3 is 11.9 Å². The van der Waals surface area contributed by atoms with Crippen LogP contribution in [-0.2, 0) is 9.53 Å². The van der Waals surface area contributed by atoms with Crippen LogP contribution in [0.1, 0.15) is 18.5 Å². The van der Waals surface area contributed by atoms with Crippen LogP contribution in [0.5, 0.6) is 0 Å². The van der Waals surface area contributed by atoms with Crippen molar-refractivity contribution in [3.8, 4) is 0 Å². The van der Waals surface area contributed by atoms with E-state index in [-0.39, 0.29) is 6.61 Å². The Labute approximate surface area is 111 Å². The smallest absolute Gasteiger partial charge is 0.379 e. The van der Waals surface area contributed by atoms with Crippen LogP contribution in [0.3, 0.4) is 0 Å². The summed E-state index contributed by atoms with van der Waals surface area (Å²) in [5, 5.41) is -0.577. The van der Waals surface area contributed by atoms with Gasteiger partial charge in [0.05, 0.1) is 11.6 Å². The van der Waals surface area contributed by atoms with Gasteiger partial charge in [-0.1, -0.05) is 11.6 Å². The monoisotopic (exact) mass is 299 g/mol. The summed E-state index contributed by atoms with van der Waals surface area (Å²) in [6.45, 7) is 0.988. The fourth-order valence-corrected chi connectivity index (χ4v) is 1.53. The molecule has 0 aliphatic rings. The summed E-state index contributed by atoms with van der Waals surface area (Å²) in [6.07, 6.45) is 0. The largest absolute Gasteiger partial charge is 0.462 e. The highest BCUT2D eigenvalue weighted by molar-refractivity contribution is 6.30. The van der Waals surface area contributed by atoms with Crippen LogP contribution in [-0.4, -0.2) is 18.5 Å². The summed E-state index contributed by atoms with van der Waals surface area (Å²) in [4.78, 5) is 11.1. The zero-order chi connectivity index (χ0) is 14.8. The Morgan fingerprint density at radius 2 is 2.05 bits per heavy atom. The van der Waals surface area contributed by atoms with Gasteiger partial charge in [-0.3, -0.25) is 0 Å². The summed E-state index contributed by atoms with van der Waals surface area (Å²) in [5.74, 6) is -8.99. The van der Waals surface area contributed by atoms with Crippen molar-refractivity contribution >= 4 is 17.6 Å². The van der Waals surface area contributed by atoms with E-state index in [9.17, 15) is 22.4 Å². The maximum absolute atomic E-state index is 13.6. The number of benzene rings is 1. The number of carbonyl (C=O) groups excluding carboxylic acids is 1. The van der Waals surface area contributed by atoms with Crippen molar-refractivity contribution in [1.29, 1.82) is 0 Å². The first-order chi connectivity index (χ1) is 8.73. The summed E-state index contributed by atoms with van der Waals surface area (Å²) < 4.78 is 58.3. The predicted octanol–water partition coefficient (Wildman–Crippen LogP) is 2.82. The van der Waals surface area contributed by atoms with Crippen LogP contribution in [0.4, 0.5) is 17.6 Å². The molecule has 2 N–H and O–H groups in total. The number of nitrogens with two attached hydrogens (primary N) is 1. The zero-order valence-electron chi connectivity index (χ0n) is 9.72. The van der Waals surface area contributed by atoms with Gasteiger partial charge in [0.2, 0.25) is 0 Å². The molecule has 0 saturated heterocycles. The molecule has 0 saturated carbocycles. The minimum atomic E-state index is -4.28. The quantitative estimate of drug-likeness (QED) is 0.528. The molecule has 0 radical (unpaired) electrons. The fraction of sp³-hybridized carbons (Fsp3) is 0.364. The number of rotatable bonds is 4. The number of hydrogen-bond donors (Lipinski definition) is 1. The zero-order valence-corrected chi connectivity index (χ0v) is 10.5. The molecule has 0 bridgehead atoms. The highest BCUT2D eigenvalue weighted by Crippen LogP contribution is 2.35. The molecule has 0 fully saturated rings. The van der Waals surface area contributed by atoms with Crippen LogP contribution in [0.25, 0.3) is 0 Å². The highest BCUT2D eigenvalue weighted by Gasteiger charge is 2.49. The van der Waals surface area contributed by atoms with Crippen LogP contribution >= 0.6 is 11.6 Å². The van der Waals surface area contributed by atoms with Gasteiger partial charge in [-0.25, -0.2) is 13.6 Å². The highest BCUT2D eigenvalue weighted by atomic mass is 35.5. The van der Waals surface area contributed by atoms with Gasteiger partial charge in [-0.15, -0.1) is 0 Å². The maximum atomic E-state index is 13.6. The fourth-order valence-electron chi connectivity index (χ4n) is 1.36. The Morgan fingerprint density at radius 3 is 2.58 bits per heavy atom. The number of alkyl halides is 2. The Morgan fingerprint density at radius 1 is 1.47 bits per heavy atom. The van der Waals surface area contributed by atoms with E-state index in [0.29, 0.717) is 6.07 Å². The van der Waals surface area contributed by atoms with Crippen molar-refractivity contribution in [3.05, 3.63) is 34.4 Å². The summed E-state index contributed by atoms with van der Waals surface area (Å²) >= 11 is 5.36. The number of carbonyl (C=O) groups is 1. The molecule has 0 aromatic heterocycles. The standard InChI is InChI=1S/C11H10ClF4NO2/c1-2-19-10(18)11(15,16)9(17)7-6(13)4-3-5(12)8(7)14/h3-4,9H,2,17H2,1H3/t9-/m0/s1. The van der Waals surface area contributed by atoms with Gasteiger partial charge in [0, 0.05) is 5.56 Å². The SMILES string of the molecule is CCOC(=O)C(F)(F)[C@@H](N)c1c(F)ccc(Cl)c1F. The lowest BCUT2D eigenvalue weighted by molar-refractivity contribution is -0.175. The molecule has 0 unspecified atom stereocenters. The van der Waals surface area contributed by atoms with Crippen molar-refractivity contribution < 1.29 is 27.1 Å². The second-order valence-electron chi connectivity index (χ2n) is 3.58. The third-order valence-corrected chi connectivity index (χ3v) is 2.62. The Hall–Kier alpha value is -1.34. The minimum absolute atomic E-state index is 0.318. The summed E-state index contributed by atoms with van der Waals surface area (Å²) in [6, 6.07) is -1.00. The molecule has 1 aromatic carbocycles. The van der Waals surface area contributed by atoms with Gasteiger partial charge in [-0.2, -0.15) is 8.78 Å². The molecule has 0 amide bonds. The number of halogens is 5. The van der Waals surface area contributed by atoms with E-state index in [2.05, 4.69) is 4.74 Å². The first-order valence-corrected chi connectivity index (χ1v) is 5.55. The molecule has 0 spiro atoms. The number of esters is 1. The normalized spacial score (nSPS) is 13.2. The molecule has 106 valence electrons. The molecule has 19 heavy (non-hydrogen) atoms. The van der Waals surface area contributed by atoms with E-state index in [4.69, 9.17) is 17.3 Å². The first kappa shape index (κ1) is 15.7. The van der Waals surface area contributed by atoms with E-state index in [1.807, 2.05) is 0 Å². The number of hydrogen-bond acceptors (Lipinski definition) is 3. The van der Waals surface area contributed by atoms with E-state index in [1.54, 1.807) is 0 Å². The van der Waals surface area contributed by atoms with Gasteiger partial charge in [0.1, 0.15) is 17.7 Å². The minimum Gasteiger partial charge on any atom is -0.462 e. The molecule has 3 nitrogen and oxygen atoms in total. The van der Waals surface area contributed by atoms with E-state index in [1.165, 1.54) is 6.92 Å². The Bertz CT molecular complexity index is 496. The van der Waals surface area contributed by atoms with Gasteiger partial charge in [0.15, 0.2) is 0 Å². The van der Waals surface area contributed by atoms with Crippen LogP contribution in [0.15, 0.2) is 12.1 Å². The first-order valence-electron chi connectivity index (χ1n) is 5.17. The lowest BCUT2D eigenvalue weighted by Crippen LogP contribution is -2.42. The molecule has 0 aliphatic carbocycles. The van der Waals surface area contributed by atoms with Crippen LogP contribution in [0.2, 0.25) is 5.02 Å². The average Bonchev–Trinajstić information content (AvgIpc) is 2.34. The second kappa shape index (κ2) is 5.75. The van der Waals surface area contributed by atoms with Crippen molar-refractivity contribution in [2.75, 3.05) is 6.61 Å². The summed E-state index contributed by atoms with van der Waals surface area (Å²) in [5.41, 5.74) is 3.92. The van der Waals surface area contributed by atoms with Crippen LogP contribution in [0, 0.1) is 11.6 Å². The third-order valence-electron chi connectivity index (χ3n) is 2.33. The second-order valence-corrected chi connectivity index (χ2v) is 3.99. The topological polar surface area (TPSA) is 52.3 Å². The molecule has 1 rings (SSSR count). The third kappa shape index (κ3) is 2.98. The van der Waals surface area contributed by atoms with Crippen molar-refractivity contribution in [1.82, 2.24) is 0 Å². The maximum Gasteiger partial charge on any atom is 0.379 e. The van der Waals surface area contributed by atoms with Gasteiger partial charge in [-0.05, 0) is 19.1 Å². The van der Waals surface area contributed by atoms with E-state index >= 15 is 0 Å². The van der Waals surface area contributed by atoms with Crippen molar-refractivity contribution in [2.24, 2.45) is 5.73 Å². The lowest BCUT2D eigenvalue weighted by Gasteiger charge is -2.22. The number of ether oxygens (including phenoxy) is 1. The predicted molar refractivity (Wildman–Crippen MR) is 59.9 cm³/mol. The molecule has 1 atom stereocenters. The van der Waals surface area contributed by atoms with Crippen LogP contribution < -0.4 is 5.73 Å². The van der Waals surface area contributed by atoms with E-state index < -0.39 is 40.2 Å². The molecular weight excluding hydrogens is 290 g/mol. The average molecular weight is 300 g/mol. The van der Waals surface area contributed by atoms with Crippen molar-refractivity contribution in [3.63, 3.8) is 0 Å². The van der Waals surface area contributed by atoms with Crippen molar-refractivity contribution in [2.45, 2.75) is 18.9 Å². The molecular formula is C11H10ClF4NO2. The van der Waals surface area contributed by atoms with E-state index in [0.717, 1.165) is 6.07 Å². The Kier molecular flexibility index (Phi) is 4.75. The molecule has 8 heteroatoms. The molecule has 0 heterocycles. The summed E-state index contributed by atoms with van der Waals surface area (Å²) in [7, 11) is 0. The molecule has 1 aromatic rings. The van der Waals surface area contributed by atoms with Gasteiger partial charge < -0.3 is 10.5 Å². The molecule has 0 aliphatic heterocycles. The van der Waals surface area contributed by atoms with Gasteiger partial charge in [0.25, 0.3) is 0 Å². The lowest BCUT2D eigenvalue weighted by atomic mass is 10.00.